The fourth-order valence-electron chi connectivity index (χ4n) is 3.54. The average Bonchev–Trinajstić information content (AvgIpc) is 2.19. The molecule has 14 heavy (non-hydrogen) atoms. The summed E-state index contributed by atoms with van der Waals surface area (Å²) < 4.78 is 0. The highest BCUT2D eigenvalue weighted by atomic mass is 14.4. The quantitative estimate of drug-likeness (QED) is 0.534. The first kappa shape index (κ1) is 10.3. The highest BCUT2D eigenvalue weighted by Gasteiger charge is 2.35. The van der Waals surface area contributed by atoms with E-state index < -0.39 is 0 Å². The molecule has 1 fully saturated rings. The first-order valence-electron chi connectivity index (χ1n) is 6.38. The Morgan fingerprint density at radius 3 is 2.50 bits per heavy atom. The summed E-state index contributed by atoms with van der Waals surface area (Å²) >= 11 is 0. The van der Waals surface area contributed by atoms with Crippen LogP contribution in [0.2, 0.25) is 0 Å². The van der Waals surface area contributed by atoms with Gasteiger partial charge in [-0.05, 0) is 42.9 Å². The van der Waals surface area contributed by atoms with Gasteiger partial charge >= 0.3 is 0 Å². The monoisotopic (exact) mass is 192 g/mol. The van der Waals surface area contributed by atoms with Crippen molar-refractivity contribution in [1.29, 1.82) is 0 Å². The molecule has 0 aromatic carbocycles. The van der Waals surface area contributed by atoms with Gasteiger partial charge in [-0.3, -0.25) is 0 Å². The van der Waals surface area contributed by atoms with Crippen LogP contribution in [0.1, 0.15) is 58.8 Å². The maximum absolute atomic E-state index is 2.53. The minimum atomic E-state index is 0.540. The van der Waals surface area contributed by atoms with Crippen molar-refractivity contribution in [2.45, 2.75) is 58.8 Å². The SMILES string of the molecule is CC1CC=CC(C)(C2CCCCC2)C1. The Balaban J connectivity index is 2.05. The largest absolute Gasteiger partial charge is 0.0877 e. The van der Waals surface area contributed by atoms with Crippen molar-refractivity contribution in [2.75, 3.05) is 0 Å². The van der Waals surface area contributed by atoms with Crippen LogP contribution in [-0.2, 0) is 0 Å². The highest BCUT2D eigenvalue weighted by molar-refractivity contribution is 5.06. The van der Waals surface area contributed by atoms with Crippen LogP contribution in [0, 0.1) is 17.3 Å². The van der Waals surface area contributed by atoms with Crippen LogP contribution in [0.5, 0.6) is 0 Å². The van der Waals surface area contributed by atoms with Crippen LogP contribution in [-0.4, -0.2) is 0 Å². The third kappa shape index (κ3) is 2.04. The smallest absolute Gasteiger partial charge is 0.0116 e. The van der Waals surface area contributed by atoms with E-state index in [0.29, 0.717) is 5.41 Å². The highest BCUT2D eigenvalue weighted by Crippen LogP contribution is 2.46. The Labute approximate surface area is 88.8 Å². The molecule has 2 atom stereocenters. The lowest BCUT2D eigenvalue weighted by Crippen LogP contribution is -2.31. The average molecular weight is 192 g/mol. The topological polar surface area (TPSA) is 0 Å². The van der Waals surface area contributed by atoms with Gasteiger partial charge < -0.3 is 0 Å². The summed E-state index contributed by atoms with van der Waals surface area (Å²) in [6.45, 7) is 4.90. The van der Waals surface area contributed by atoms with Gasteiger partial charge in [0.1, 0.15) is 0 Å². The van der Waals surface area contributed by atoms with Gasteiger partial charge in [0.15, 0.2) is 0 Å². The molecule has 0 aromatic heterocycles. The lowest BCUT2D eigenvalue weighted by molar-refractivity contribution is 0.148. The second kappa shape index (κ2) is 4.08. The Bertz CT molecular complexity index is 210. The summed E-state index contributed by atoms with van der Waals surface area (Å²) in [6.07, 6.45) is 15.1. The molecular formula is C14H24. The van der Waals surface area contributed by atoms with E-state index in [2.05, 4.69) is 26.0 Å². The summed E-state index contributed by atoms with van der Waals surface area (Å²) in [5, 5.41) is 0. The van der Waals surface area contributed by atoms with E-state index in [1.165, 1.54) is 44.9 Å². The summed E-state index contributed by atoms with van der Waals surface area (Å²) in [4.78, 5) is 0. The van der Waals surface area contributed by atoms with Crippen molar-refractivity contribution in [3.63, 3.8) is 0 Å². The summed E-state index contributed by atoms with van der Waals surface area (Å²) in [7, 11) is 0. The number of hydrogen-bond acceptors (Lipinski definition) is 0. The van der Waals surface area contributed by atoms with Gasteiger partial charge in [0, 0.05) is 0 Å². The molecule has 0 aromatic rings. The molecule has 0 bridgehead atoms. The Morgan fingerprint density at radius 1 is 1.14 bits per heavy atom. The van der Waals surface area contributed by atoms with E-state index in [1.807, 2.05) is 0 Å². The van der Waals surface area contributed by atoms with Crippen molar-refractivity contribution < 1.29 is 0 Å². The molecule has 0 nitrogen and oxygen atoms in total. The van der Waals surface area contributed by atoms with Crippen LogP contribution >= 0.6 is 0 Å². The molecule has 0 saturated heterocycles. The molecule has 80 valence electrons. The maximum atomic E-state index is 2.53. The molecule has 0 radical (unpaired) electrons. The summed E-state index contributed by atoms with van der Waals surface area (Å²) in [5.41, 5.74) is 0.540. The van der Waals surface area contributed by atoms with Crippen molar-refractivity contribution in [3.8, 4) is 0 Å². The normalized spacial score (nSPS) is 40.0. The van der Waals surface area contributed by atoms with Crippen LogP contribution in [0.15, 0.2) is 12.2 Å². The van der Waals surface area contributed by atoms with Gasteiger partial charge in [0.25, 0.3) is 0 Å². The zero-order valence-corrected chi connectivity index (χ0v) is 9.76. The van der Waals surface area contributed by atoms with Gasteiger partial charge in [0.2, 0.25) is 0 Å². The first-order valence-corrected chi connectivity index (χ1v) is 6.38. The van der Waals surface area contributed by atoms with E-state index in [9.17, 15) is 0 Å². The third-order valence-corrected chi connectivity index (χ3v) is 4.36. The lowest BCUT2D eigenvalue weighted by atomic mass is 9.64. The second-order valence-electron chi connectivity index (χ2n) is 5.79. The van der Waals surface area contributed by atoms with Crippen LogP contribution in [0.3, 0.4) is 0 Å². The Hall–Kier alpha value is -0.260. The summed E-state index contributed by atoms with van der Waals surface area (Å²) in [6, 6.07) is 0. The molecule has 0 spiro atoms. The molecule has 2 unspecified atom stereocenters. The van der Waals surface area contributed by atoms with Gasteiger partial charge in [-0.25, -0.2) is 0 Å². The van der Waals surface area contributed by atoms with Crippen molar-refractivity contribution >= 4 is 0 Å². The molecule has 1 saturated carbocycles. The molecular weight excluding hydrogens is 168 g/mol. The van der Waals surface area contributed by atoms with E-state index in [-0.39, 0.29) is 0 Å². The molecule has 0 N–H and O–H groups in total. The molecule has 2 aliphatic carbocycles. The molecule has 0 heterocycles. The van der Waals surface area contributed by atoms with E-state index >= 15 is 0 Å². The van der Waals surface area contributed by atoms with Crippen LogP contribution < -0.4 is 0 Å². The fourth-order valence-corrected chi connectivity index (χ4v) is 3.54. The predicted octanol–water partition coefficient (Wildman–Crippen LogP) is 4.56. The molecule has 0 heteroatoms. The Kier molecular flexibility index (Phi) is 2.99. The molecule has 0 amide bonds. The van der Waals surface area contributed by atoms with Crippen molar-refractivity contribution in [1.82, 2.24) is 0 Å². The van der Waals surface area contributed by atoms with Gasteiger partial charge in [0.05, 0.1) is 0 Å². The molecule has 2 aliphatic rings. The maximum Gasteiger partial charge on any atom is -0.0116 e. The lowest BCUT2D eigenvalue weighted by Gasteiger charge is -2.41. The summed E-state index contributed by atoms with van der Waals surface area (Å²) in [5.74, 6) is 1.89. The number of hydrogen-bond donors (Lipinski definition) is 0. The van der Waals surface area contributed by atoms with E-state index in [4.69, 9.17) is 0 Å². The van der Waals surface area contributed by atoms with E-state index in [1.54, 1.807) is 0 Å². The zero-order chi connectivity index (χ0) is 10.0. The Morgan fingerprint density at radius 2 is 1.86 bits per heavy atom. The van der Waals surface area contributed by atoms with Crippen LogP contribution in [0.4, 0.5) is 0 Å². The number of allylic oxidation sites excluding steroid dienone is 2. The minimum absolute atomic E-state index is 0.540. The third-order valence-electron chi connectivity index (χ3n) is 4.36. The standard InChI is InChI=1S/C14H24/c1-12-7-6-10-14(2,11-12)13-8-4-3-5-9-13/h6,10,12-13H,3-5,7-9,11H2,1-2H3. The van der Waals surface area contributed by atoms with Gasteiger partial charge in [-0.1, -0.05) is 45.3 Å². The fraction of sp³-hybridized carbons (Fsp3) is 0.857. The minimum Gasteiger partial charge on any atom is -0.0877 e. The zero-order valence-electron chi connectivity index (χ0n) is 9.76. The number of rotatable bonds is 1. The van der Waals surface area contributed by atoms with Crippen molar-refractivity contribution in [3.05, 3.63) is 12.2 Å². The van der Waals surface area contributed by atoms with Crippen LogP contribution in [0.25, 0.3) is 0 Å². The van der Waals surface area contributed by atoms with Gasteiger partial charge in [-0.2, -0.15) is 0 Å². The second-order valence-corrected chi connectivity index (χ2v) is 5.79. The van der Waals surface area contributed by atoms with Gasteiger partial charge in [-0.15, -0.1) is 0 Å². The molecule has 2 rings (SSSR count). The first-order chi connectivity index (χ1) is 6.71. The van der Waals surface area contributed by atoms with E-state index in [0.717, 1.165) is 11.8 Å². The molecule has 0 aliphatic heterocycles. The predicted molar refractivity (Wildman–Crippen MR) is 62.2 cm³/mol. The van der Waals surface area contributed by atoms with Crippen molar-refractivity contribution in [2.24, 2.45) is 17.3 Å².